The van der Waals surface area contributed by atoms with Gasteiger partial charge >= 0.3 is 0 Å². The van der Waals surface area contributed by atoms with Gasteiger partial charge in [-0.05, 0) is 67.5 Å². The molecule has 0 aliphatic heterocycles. The summed E-state index contributed by atoms with van der Waals surface area (Å²) in [6.07, 6.45) is 2.00. The van der Waals surface area contributed by atoms with Gasteiger partial charge in [-0.25, -0.2) is 17.5 Å². The van der Waals surface area contributed by atoms with Crippen molar-refractivity contribution in [3.05, 3.63) is 59.4 Å². The van der Waals surface area contributed by atoms with Gasteiger partial charge in [-0.3, -0.25) is 4.79 Å². The van der Waals surface area contributed by atoms with Crippen molar-refractivity contribution in [3.63, 3.8) is 0 Å². The van der Waals surface area contributed by atoms with Crippen molar-refractivity contribution in [3.8, 4) is 11.5 Å². The van der Waals surface area contributed by atoms with Gasteiger partial charge in [0.25, 0.3) is 0 Å². The molecule has 0 radical (unpaired) electrons. The fourth-order valence-corrected chi connectivity index (χ4v) is 4.28. The summed E-state index contributed by atoms with van der Waals surface area (Å²) in [5.74, 6) is 0.348. The smallest absolute Gasteiger partial charge is 0.238 e. The SMILES string of the molecule is CCS(=O)(=O)NC(C(=O)NCCc1ccc(OCCCc2cccc(F)c2)c(OC)c1)C(C)C. The Kier molecular flexibility index (Phi) is 10.8. The molecule has 1 atom stereocenters. The van der Waals surface area contributed by atoms with Crippen molar-refractivity contribution in [2.24, 2.45) is 5.92 Å². The largest absolute Gasteiger partial charge is 0.493 e. The van der Waals surface area contributed by atoms with E-state index >= 15 is 0 Å². The lowest BCUT2D eigenvalue weighted by molar-refractivity contribution is -0.123. The standard InChI is InChI=1S/C25H35FN2O5S/c1-5-34(30,31)28-24(18(2)3)25(29)27-14-13-20-11-12-22(23(17-20)32-4)33-15-7-9-19-8-6-10-21(26)16-19/h6,8,10-12,16-18,24,28H,5,7,9,13-15H2,1-4H3,(H,27,29). The summed E-state index contributed by atoms with van der Waals surface area (Å²) in [4.78, 5) is 12.5. The Bertz CT molecular complexity index is 1040. The number of carbonyl (C=O) groups excluding carboxylic acids is 1. The van der Waals surface area contributed by atoms with Crippen molar-refractivity contribution >= 4 is 15.9 Å². The number of benzene rings is 2. The van der Waals surface area contributed by atoms with Gasteiger partial charge in [-0.2, -0.15) is 0 Å². The van der Waals surface area contributed by atoms with Crippen LogP contribution in [0.5, 0.6) is 11.5 Å². The monoisotopic (exact) mass is 494 g/mol. The molecular weight excluding hydrogens is 459 g/mol. The lowest BCUT2D eigenvalue weighted by Crippen LogP contribution is -2.50. The summed E-state index contributed by atoms with van der Waals surface area (Å²) in [6.45, 7) is 5.94. The van der Waals surface area contributed by atoms with Gasteiger partial charge in [0.15, 0.2) is 11.5 Å². The first-order valence-corrected chi connectivity index (χ1v) is 13.1. The molecule has 0 heterocycles. The summed E-state index contributed by atoms with van der Waals surface area (Å²) in [6, 6.07) is 11.3. The fourth-order valence-electron chi connectivity index (χ4n) is 3.35. The molecule has 1 amide bonds. The van der Waals surface area contributed by atoms with Gasteiger partial charge in [0.1, 0.15) is 11.9 Å². The molecule has 0 saturated carbocycles. The number of nitrogens with one attached hydrogen (secondary N) is 2. The third-order valence-electron chi connectivity index (χ3n) is 5.33. The quantitative estimate of drug-likeness (QED) is 0.392. The van der Waals surface area contributed by atoms with E-state index in [9.17, 15) is 17.6 Å². The number of sulfonamides is 1. The summed E-state index contributed by atoms with van der Waals surface area (Å²) < 4.78 is 50.7. The first-order valence-electron chi connectivity index (χ1n) is 11.5. The molecule has 9 heteroatoms. The maximum atomic E-state index is 13.3. The van der Waals surface area contributed by atoms with Crippen LogP contribution in [0.25, 0.3) is 0 Å². The molecular formula is C25H35FN2O5S. The summed E-state index contributed by atoms with van der Waals surface area (Å²) in [5.41, 5.74) is 1.87. The Labute approximate surface area is 202 Å². The lowest BCUT2D eigenvalue weighted by Gasteiger charge is -2.21. The van der Waals surface area contributed by atoms with Crippen LogP contribution in [0.4, 0.5) is 4.39 Å². The van der Waals surface area contributed by atoms with Gasteiger partial charge in [0, 0.05) is 6.54 Å². The number of aryl methyl sites for hydroxylation is 1. The number of hydrogen-bond donors (Lipinski definition) is 2. The second-order valence-corrected chi connectivity index (χ2v) is 10.4. The van der Waals surface area contributed by atoms with Crippen LogP contribution < -0.4 is 19.5 Å². The second kappa shape index (κ2) is 13.3. The van der Waals surface area contributed by atoms with E-state index < -0.39 is 16.1 Å². The Hall–Kier alpha value is -2.65. The second-order valence-electron chi connectivity index (χ2n) is 8.35. The first kappa shape index (κ1) is 27.6. The molecule has 2 N–H and O–H groups in total. The van der Waals surface area contributed by atoms with Crippen LogP contribution >= 0.6 is 0 Å². The molecule has 7 nitrogen and oxygen atoms in total. The number of methoxy groups -OCH3 is 1. The molecule has 188 valence electrons. The summed E-state index contributed by atoms with van der Waals surface area (Å²) in [7, 11) is -1.92. The number of hydrogen-bond acceptors (Lipinski definition) is 5. The van der Waals surface area contributed by atoms with Crippen molar-refractivity contribution in [1.82, 2.24) is 10.0 Å². The number of carbonyl (C=O) groups is 1. The molecule has 0 fully saturated rings. The molecule has 0 aliphatic carbocycles. The zero-order valence-corrected chi connectivity index (χ0v) is 21.1. The molecule has 34 heavy (non-hydrogen) atoms. The number of rotatable bonds is 14. The fraction of sp³-hybridized carbons (Fsp3) is 0.480. The van der Waals surface area contributed by atoms with E-state index in [1.165, 1.54) is 19.1 Å². The van der Waals surface area contributed by atoms with Crippen LogP contribution in [-0.4, -0.2) is 46.4 Å². The zero-order chi connectivity index (χ0) is 25.1. The highest BCUT2D eigenvalue weighted by atomic mass is 32.2. The molecule has 0 saturated heterocycles. The maximum absolute atomic E-state index is 13.3. The van der Waals surface area contributed by atoms with Crippen LogP contribution in [-0.2, 0) is 27.7 Å². The average molecular weight is 495 g/mol. The van der Waals surface area contributed by atoms with Gasteiger partial charge in [0.2, 0.25) is 15.9 Å². The number of ether oxygens (including phenoxy) is 2. The highest BCUT2D eigenvalue weighted by molar-refractivity contribution is 7.89. The van der Waals surface area contributed by atoms with Crippen molar-refractivity contribution < 1.29 is 27.1 Å². The van der Waals surface area contributed by atoms with E-state index in [4.69, 9.17) is 9.47 Å². The molecule has 0 bridgehead atoms. The van der Waals surface area contributed by atoms with Crippen molar-refractivity contribution in [1.29, 1.82) is 0 Å². The number of amides is 1. The third-order valence-corrected chi connectivity index (χ3v) is 6.71. The predicted octanol–water partition coefficient (Wildman–Crippen LogP) is 3.47. The van der Waals surface area contributed by atoms with E-state index in [1.54, 1.807) is 27.0 Å². The molecule has 1 unspecified atom stereocenters. The zero-order valence-electron chi connectivity index (χ0n) is 20.3. The van der Waals surface area contributed by atoms with E-state index in [2.05, 4.69) is 10.0 Å². The Balaban J connectivity index is 1.85. The van der Waals surface area contributed by atoms with Gasteiger partial charge in [0.05, 0.1) is 19.5 Å². The number of halogens is 1. The Morgan fingerprint density at radius 1 is 1.06 bits per heavy atom. The highest BCUT2D eigenvalue weighted by Crippen LogP contribution is 2.28. The summed E-state index contributed by atoms with van der Waals surface area (Å²) >= 11 is 0. The molecule has 2 aromatic carbocycles. The van der Waals surface area contributed by atoms with Crippen LogP contribution in [0.2, 0.25) is 0 Å². The van der Waals surface area contributed by atoms with E-state index in [0.29, 0.717) is 37.5 Å². The van der Waals surface area contributed by atoms with Crippen LogP contribution in [0.3, 0.4) is 0 Å². The minimum Gasteiger partial charge on any atom is -0.493 e. The third kappa shape index (κ3) is 8.95. The Morgan fingerprint density at radius 2 is 1.79 bits per heavy atom. The highest BCUT2D eigenvalue weighted by Gasteiger charge is 2.26. The van der Waals surface area contributed by atoms with E-state index in [1.807, 2.05) is 24.3 Å². The van der Waals surface area contributed by atoms with Crippen molar-refractivity contribution in [2.45, 2.75) is 46.1 Å². The molecule has 0 aliphatic rings. The van der Waals surface area contributed by atoms with Gasteiger partial charge in [-0.15, -0.1) is 0 Å². The molecule has 0 aromatic heterocycles. The minimum atomic E-state index is -3.49. The average Bonchev–Trinajstić information content (AvgIpc) is 2.80. The van der Waals surface area contributed by atoms with Gasteiger partial charge in [-0.1, -0.05) is 32.0 Å². The normalized spacial score (nSPS) is 12.4. The maximum Gasteiger partial charge on any atom is 0.238 e. The van der Waals surface area contributed by atoms with Crippen LogP contribution in [0.1, 0.15) is 38.3 Å². The van der Waals surface area contributed by atoms with Crippen LogP contribution in [0, 0.1) is 11.7 Å². The lowest BCUT2D eigenvalue weighted by atomic mass is 10.0. The molecule has 2 rings (SSSR count). The Morgan fingerprint density at radius 3 is 2.44 bits per heavy atom. The first-order chi connectivity index (χ1) is 16.1. The van der Waals surface area contributed by atoms with E-state index in [-0.39, 0.29) is 23.4 Å². The van der Waals surface area contributed by atoms with E-state index in [0.717, 1.165) is 17.5 Å². The minimum absolute atomic E-state index is 0.0808. The van der Waals surface area contributed by atoms with Crippen molar-refractivity contribution in [2.75, 3.05) is 26.0 Å². The topological polar surface area (TPSA) is 93.7 Å². The molecule has 0 spiro atoms. The van der Waals surface area contributed by atoms with Gasteiger partial charge < -0.3 is 14.8 Å². The molecule has 2 aromatic rings. The predicted molar refractivity (Wildman–Crippen MR) is 131 cm³/mol. The summed E-state index contributed by atoms with van der Waals surface area (Å²) in [5, 5.41) is 2.81. The van der Waals surface area contributed by atoms with Crippen LogP contribution in [0.15, 0.2) is 42.5 Å².